The molecule has 2 fully saturated rings. The lowest BCUT2D eigenvalue weighted by molar-refractivity contribution is -0.143. The Bertz CT molecular complexity index is 624. The van der Waals surface area contributed by atoms with Gasteiger partial charge in [0.1, 0.15) is 6.04 Å². The molecule has 3 rings (SSSR count). The van der Waals surface area contributed by atoms with E-state index in [2.05, 4.69) is 6.92 Å². The molecule has 1 aromatic rings. The van der Waals surface area contributed by atoms with Crippen LogP contribution in [0.1, 0.15) is 25.3 Å². The lowest BCUT2D eigenvalue weighted by atomic mass is 10.1. The summed E-state index contributed by atoms with van der Waals surface area (Å²) in [5.74, 6) is 0.787. The summed E-state index contributed by atoms with van der Waals surface area (Å²) in [5, 5.41) is 0.664. The van der Waals surface area contributed by atoms with Gasteiger partial charge in [0, 0.05) is 30.8 Å². The zero-order valence-corrected chi connectivity index (χ0v) is 14.3. The normalized spacial score (nSPS) is 27.1. The lowest BCUT2D eigenvalue weighted by Gasteiger charge is -2.32. The number of nitrogens with zero attached hydrogens (tertiary/aromatic N) is 2. The largest absolute Gasteiger partial charge is 0.340 e. The Morgan fingerprint density at radius 1 is 1.55 bits per heavy atom. The second-order valence-electron chi connectivity index (χ2n) is 6.09. The number of hydrogen-bond acceptors (Lipinski definition) is 3. The van der Waals surface area contributed by atoms with E-state index in [1.165, 1.54) is 0 Å². The van der Waals surface area contributed by atoms with Gasteiger partial charge in [0.2, 0.25) is 11.8 Å². The number of thioether (sulfide) groups is 1. The third kappa shape index (κ3) is 2.72. The molecule has 2 saturated heterocycles. The van der Waals surface area contributed by atoms with Gasteiger partial charge in [-0.2, -0.15) is 0 Å². The highest BCUT2D eigenvalue weighted by Gasteiger charge is 2.53. The van der Waals surface area contributed by atoms with Crippen molar-refractivity contribution in [1.29, 1.82) is 0 Å². The molecule has 2 aliphatic heterocycles. The van der Waals surface area contributed by atoms with Crippen LogP contribution < -0.4 is 0 Å². The molecule has 6 heteroatoms. The molecular formula is C16H19ClN2O2S. The van der Waals surface area contributed by atoms with E-state index in [0.29, 0.717) is 23.7 Å². The lowest BCUT2D eigenvalue weighted by Crippen LogP contribution is -2.50. The molecule has 2 amide bonds. The van der Waals surface area contributed by atoms with Crippen LogP contribution in [0.3, 0.4) is 0 Å². The fourth-order valence-corrected chi connectivity index (χ4v) is 4.88. The number of carbonyl (C=O) groups excluding carboxylic acids is 2. The minimum Gasteiger partial charge on any atom is -0.340 e. The predicted molar refractivity (Wildman–Crippen MR) is 88.7 cm³/mol. The van der Waals surface area contributed by atoms with E-state index < -0.39 is 0 Å². The maximum atomic E-state index is 12.8. The number of likely N-dealkylation sites (N-methyl/N-ethyl adjacent to an activating group) is 1. The predicted octanol–water partition coefficient (Wildman–Crippen LogP) is 2.75. The van der Waals surface area contributed by atoms with Gasteiger partial charge in [0.05, 0.1) is 4.87 Å². The van der Waals surface area contributed by atoms with E-state index in [1.807, 2.05) is 24.3 Å². The topological polar surface area (TPSA) is 40.6 Å². The Morgan fingerprint density at radius 3 is 3.05 bits per heavy atom. The fourth-order valence-electron chi connectivity index (χ4n) is 3.24. The van der Waals surface area contributed by atoms with Crippen LogP contribution in [0.4, 0.5) is 0 Å². The number of halogens is 1. The Morgan fingerprint density at radius 2 is 2.32 bits per heavy atom. The SMILES string of the molecule is CN(Cc1cccc(Cl)c1)C(=O)[C@H]1CS[C@]2(C)CCC(=O)N12. The van der Waals surface area contributed by atoms with Crippen LogP contribution in [0, 0.1) is 0 Å². The van der Waals surface area contributed by atoms with Gasteiger partial charge in [0.25, 0.3) is 0 Å². The highest BCUT2D eigenvalue weighted by atomic mass is 35.5. The molecule has 2 atom stereocenters. The molecule has 2 heterocycles. The van der Waals surface area contributed by atoms with Gasteiger partial charge in [-0.3, -0.25) is 9.59 Å². The third-order valence-corrected chi connectivity index (χ3v) is 6.16. The highest BCUT2D eigenvalue weighted by Crippen LogP contribution is 2.47. The first-order valence-electron chi connectivity index (χ1n) is 7.36. The molecule has 0 spiro atoms. The summed E-state index contributed by atoms with van der Waals surface area (Å²) in [6.45, 7) is 2.56. The van der Waals surface area contributed by atoms with Crippen LogP contribution in [0.15, 0.2) is 24.3 Å². The van der Waals surface area contributed by atoms with Crippen LogP contribution in [-0.2, 0) is 16.1 Å². The number of rotatable bonds is 3. The first-order valence-corrected chi connectivity index (χ1v) is 8.73. The first-order chi connectivity index (χ1) is 10.4. The van der Waals surface area contributed by atoms with Crippen molar-refractivity contribution in [2.75, 3.05) is 12.8 Å². The second-order valence-corrected chi connectivity index (χ2v) is 8.03. The van der Waals surface area contributed by atoms with Crippen molar-refractivity contribution in [2.45, 2.75) is 37.2 Å². The highest BCUT2D eigenvalue weighted by molar-refractivity contribution is 8.01. The summed E-state index contributed by atoms with van der Waals surface area (Å²) in [4.78, 5) is 28.2. The van der Waals surface area contributed by atoms with Crippen molar-refractivity contribution < 1.29 is 9.59 Å². The van der Waals surface area contributed by atoms with Gasteiger partial charge < -0.3 is 9.80 Å². The molecule has 0 saturated carbocycles. The average Bonchev–Trinajstić information content (AvgIpc) is 2.95. The summed E-state index contributed by atoms with van der Waals surface area (Å²) in [7, 11) is 1.78. The van der Waals surface area contributed by atoms with Crippen molar-refractivity contribution in [3.8, 4) is 0 Å². The summed E-state index contributed by atoms with van der Waals surface area (Å²) >= 11 is 7.70. The van der Waals surface area contributed by atoms with Gasteiger partial charge in [-0.05, 0) is 31.0 Å². The Kier molecular flexibility index (Phi) is 4.12. The van der Waals surface area contributed by atoms with Crippen LogP contribution in [0.5, 0.6) is 0 Å². The maximum Gasteiger partial charge on any atom is 0.246 e. The molecule has 0 unspecified atom stereocenters. The minimum atomic E-state index is -0.339. The molecule has 0 N–H and O–H groups in total. The Balaban J connectivity index is 1.72. The van der Waals surface area contributed by atoms with Crippen LogP contribution in [0.2, 0.25) is 5.02 Å². The smallest absolute Gasteiger partial charge is 0.246 e. The quantitative estimate of drug-likeness (QED) is 0.851. The molecule has 22 heavy (non-hydrogen) atoms. The standard InChI is InChI=1S/C16H19ClN2O2S/c1-16-7-6-14(20)19(16)13(10-22-16)15(21)18(2)9-11-4-3-5-12(17)8-11/h3-5,8,13H,6-7,9-10H2,1-2H3/t13-,16-/m1/s1. The van der Waals surface area contributed by atoms with E-state index in [4.69, 9.17) is 11.6 Å². The number of amides is 2. The Labute approximate surface area is 139 Å². The number of hydrogen-bond donors (Lipinski definition) is 0. The van der Waals surface area contributed by atoms with Crippen LogP contribution in [0.25, 0.3) is 0 Å². The fraction of sp³-hybridized carbons (Fsp3) is 0.500. The zero-order valence-electron chi connectivity index (χ0n) is 12.7. The number of carbonyl (C=O) groups is 2. The number of benzene rings is 1. The van der Waals surface area contributed by atoms with Crippen LogP contribution >= 0.6 is 23.4 Å². The third-order valence-electron chi connectivity index (χ3n) is 4.41. The van der Waals surface area contributed by atoms with E-state index in [0.717, 1.165) is 12.0 Å². The molecule has 1 aromatic carbocycles. The maximum absolute atomic E-state index is 12.8. The minimum absolute atomic E-state index is 0.00597. The van der Waals surface area contributed by atoms with Crippen molar-refractivity contribution in [1.82, 2.24) is 9.80 Å². The van der Waals surface area contributed by atoms with Gasteiger partial charge in [-0.1, -0.05) is 23.7 Å². The zero-order chi connectivity index (χ0) is 15.9. The van der Waals surface area contributed by atoms with Gasteiger partial charge in [0.15, 0.2) is 0 Å². The molecule has 0 aromatic heterocycles. The monoisotopic (exact) mass is 338 g/mol. The molecule has 0 radical (unpaired) electrons. The first kappa shape index (κ1) is 15.7. The van der Waals surface area contributed by atoms with E-state index in [9.17, 15) is 9.59 Å². The van der Waals surface area contributed by atoms with E-state index in [1.54, 1.807) is 28.6 Å². The second kappa shape index (κ2) is 5.78. The van der Waals surface area contributed by atoms with E-state index in [-0.39, 0.29) is 22.7 Å². The summed E-state index contributed by atoms with van der Waals surface area (Å²) in [5.41, 5.74) is 0.990. The van der Waals surface area contributed by atoms with Crippen molar-refractivity contribution in [3.63, 3.8) is 0 Å². The van der Waals surface area contributed by atoms with Crippen LogP contribution in [-0.4, -0.2) is 45.3 Å². The van der Waals surface area contributed by atoms with Gasteiger partial charge in [-0.25, -0.2) is 0 Å². The summed E-state index contributed by atoms with van der Waals surface area (Å²) < 4.78 is 0. The van der Waals surface area contributed by atoms with Gasteiger partial charge >= 0.3 is 0 Å². The van der Waals surface area contributed by atoms with Crippen molar-refractivity contribution >= 4 is 35.2 Å². The molecule has 0 aliphatic carbocycles. The molecule has 2 aliphatic rings. The molecular weight excluding hydrogens is 320 g/mol. The average molecular weight is 339 g/mol. The van der Waals surface area contributed by atoms with E-state index >= 15 is 0 Å². The number of fused-ring (bicyclic) bond motifs is 1. The molecule has 4 nitrogen and oxygen atoms in total. The Hall–Kier alpha value is -1.20. The van der Waals surface area contributed by atoms with Crippen molar-refractivity contribution in [2.24, 2.45) is 0 Å². The van der Waals surface area contributed by atoms with Crippen molar-refractivity contribution in [3.05, 3.63) is 34.9 Å². The summed E-state index contributed by atoms with van der Waals surface area (Å²) in [6, 6.07) is 7.16. The molecule has 118 valence electrons. The summed E-state index contributed by atoms with van der Waals surface area (Å²) in [6.07, 6.45) is 1.38. The molecule has 0 bridgehead atoms. The van der Waals surface area contributed by atoms with Gasteiger partial charge in [-0.15, -0.1) is 11.8 Å².